The highest BCUT2D eigenvalue weighted by molar-refractivity contribution is 7.98. The van der Waals surface area contributed by atoms with E-state index in [2.05, 4.69) is 0 Å². The Hall–Kier alpha value is -1.65. The summed E-state index contributed by atoms with van der Waals surface area (Å²) in [7, 11) is 3.05. The van der Waals surface area contributed by atoms with Gasteiger partial charge in [0, 0.05) is 22.1 Å². The first kappa shape index (κ1) is 15.7. The standard InChI is InChI=1S/C16H15ClO3S/c1-19-14-8-12(13(17)9-15(14)20-2)16(18)10-4-6-11(21-3)7-5-10/h4-9H,1-3H3. The third-order valence-corrected chi connectivity index (χ3v) is 4.13. The smallest absolute Gasteiger partial charge is 0.194 e. The number of rotatable bonds is 5. The molecule has 0 aliphatic carbocycles. The maximum Gasteiger partial charge on any atom is 0.194 e. The number of ether oxygens (including phenoxy) is 2. The lowest BCUT2D eigenvalue weighted by molar-refractivity contribution is 0.103. The largest absolute Gasteiger partial charge is 0.493 e. The molecule has 2 aromatic carbocycles. The van der Waals surface area contributed by atoms with Crippen LogP contribution in [0.5, 0.6) is 11.5 Å². The van der Waals surface area contributed by atoms with E-state index in [1.54, 1.807) is 36.0 Å². The number of thioether (sulfide) groups is 1. The Balaban J connectivity index is 2.42. The first-order chi connectivity index (χ1) is 10.1. The van der Waals surface area contributed by atoms with Gasteiger partial charge in [0.1, 0.15) is 0 Å². The first-order valence-electron chi connectivity index (χ1n) is 6.21. The predicted octanol–water partition coefficient (Wildman–Crippen LogP) is 4.31. The Bertz CT molecular complexity index is 653. The molecule has 0 atom stereocenters. The summed E-state index contributed by atoms with van der Waals surface area (Å²) in [6, 6.07) is 10.6. The SMILES string of the molecule is COc1cc(Cl)c(C(=O)c2ccc(SC)cc2)cc1OC. The highest BCUT2D eigenvalue weighted by Gasteiger charge is 2.17. The van der Waals surface area contributed by atoms with Crippen LogP contribution in [0.3, 0.4) is 0 Å². The number of halogens is 1. The quantitative estimate of drug-likeness (QED) is 0.607. The van der Waals surface area contributed by atoms with E-state index in [0.717, 1.165) is 4.90 Å². The summed E-state index contributed by atoms with van der Waals surface area (Å²) in [5, 5.41) is 0.339. The molecule has 0 aliphatic rings. The highest BCUT2D eigenvalue weighted by Crippen LogP contribution is 2.34. The monoisotopic (exact) mass is 322 g/mol. The second-order valence-electron chi connectivity index (χ2n) is 4.24. The number of hydrogen-bond donors (Lipinski definition) is 0. The van der Waals surface area contributed by atoms with Gasteiger partial charge in [-0.1, -0.05) is 11.6 Å². The summed E-state index contributed by atoms with van der Waals surface area (Å²) in [6.45, 7) is 0. The number of benzene rings is 2. The second-order valence-corrected chi connectivity index (χ2v) is 5.53. The zero-order valence-electron chi connectivity index (χ0n) is 12.0. The number of methoxy groups -OCH3 is 2. The van der Waals surface area contributed by atoms with Crippen molar-refractivity contribution in [2.24, 2.45) is 0 Å². The molecule has 21 heavy (non-hydrogen) atoms. The van der Waals surface area contributed by atoms with Crippen LogP contribution in [0.4, 0.5) is 0 Å². The fraction of sp³-hybridized carbons (Fsp3) is 0.188. The van der Waals surface area contributed by atoms with Gasteiger partial charge < -0.3 is 9.47 Å². The van der Waals surface area contributed by atoms with E-state index in [4.69, 9.17) is 21.1 Å². The molecule has 0 heterocycles. The second kappa shape index (κ2) is 6.87. The fourth-order valence-electron chi connectivity index (χ4n) is 1.93. The summed E-state index contributed by atoms with van der Waals surface area (Å²) in [6.07, 6.45) is 1.99. The van der Waals surface area contributed by atoms with Crippen molar-refractivity contribution in [3.63, 3.8) is 0 Å². The number of hydrogen-bond acceptors (Lipinski definition) is 4. The van der Waals surface area contributed by atoms with Gasteiger partial charge in [0.2, 0.25) is 0 Å². The molecule has 0 bridgehead atoms. The average molecular weight is 323 g/mol. The maximum absolute atomic E-state index is 12.5. The van der Waals surface area contributed by atoms with Crippen LogP contribution in [-0.2, 0) is 0 Å². The molecule has 3 nitrogen and oxygen atoms in total. The highest BCUT2D eigenvalue weighted by atomic mass is 35.5. The van der Waals surface area contributed by atoms with Crippen molar-refractivity contribution >= 4 is 29.1 Å². The third-order valence-electron chi connectivity index (χ3n) is 3.07. The molecule has 0 aliphatic heterocycles. The molecule has 2 rings (SSSR count). The van der Waals surface area contributed by atoms with E-state index in [1.165, 1.54) is 14.2 Å². The third kappa shape index (κ3) is 3.34. The molecule has 0 saturated carbocycles. The molecule has 0 spiro atoms. The van der Waals surface area contributed by atoms with Crippen LogP contribution >= 0.6 is 23.4 Å². The van der Waals surface area contributed by atoms with Crippen molar-refractivity contribution in [3.8, 4) is 11.5 Å². The minimum atomic E-state index is -0.145. The van der Waals surface area contributed by atoms with Gasteiger partial charge in [-0.2, -0.15) is 0 Å². The van der Waals surface area contributed by atoms with E-state index in [9.17, 15) is 4.79 Å². The normalized spacial score (nSPS) is 10.3. The molecular weight excluding hydrogens is 308 g/mol. The van der Waals surface area contributed by atoms with Crippen LogP contribution in [-0.4, -0.2) is 26.3 Å². The van der Waals surface area contributed by atoms with Crippen LogP contribution < -0.4 is 9.47 Å². The first-order valence-corrected chi connectivity index (χ1v) is 7.81. The molecule has 0 fully saturated rings. The van der Waals surface area contributed by atoms with Gasteiger partial charge >= 0.3 is 0 Å². The molecular formula is C16H15ClO3S. The minimum absolute atomic E-state index is 0.145. The molecule has 0 aromatic heterocycles. The molecule has 0 saturated heterocycles. The molecule has 0 amide bonds. The molecule has 5 heteroatoms. The van der Waals surface area contributed by atoms with Crippen LogP contribution in [0.2, 0.25) is 5.02 Å². The lowest BCUT2D eigenvalue weighted by atomic mass is 10.0. The lowest BCUT2D eigenvalue weighted by Gasteiger charge is -2.11. The Labute approximate surface area is 133 Å². The molecule has 0 N–H and O–H groups in total. The summed E-state index contributed by atoms with van der Waals surface area (Å²) in [5.74, 6) is 0.830. The molecule has 110 valence electrons. The van der Waals surface area contributed by atoms with Crippen LogP contribution in [0.25, 0.3) is 0 Å². The van der Waals surface area contributed by atoms with Gasteiger partial charge in [0.05, 0.1) is 19.2 Å². The zero-order valence-corrected chi connectivity index (χ0v) is 13.5. The van der Waals surface area contributed by atoms with E-state index < -0.39 is 0 Å². The van der Waals surface area contributed by atoms with Crippen molar-refractivity contribution in [2.45, 2.75) is 4.90 Å². The minimum Gasteiger partial charge on any atom is -0.493 e. The predicted molar refractivity (Wildman–Crippen MR) is 86.2 cm³/mol. The van der Waals surface area contributed by atoms with E-state index in [-0.39, 0.29) is 5.78 Å². The van der Waals surface area contributed by atoms with E-state index >= 15 is 0 Å². The van der Waals surface area contributed by atoms with Gasteiger partial charge in [0.15, 0.2) is 17.3 Å². The number of ketones is 1. The van der Waals surface area contributed by atoms with Crippen LogP contribution in [0.1, 0.15) is 15.9 Å². The van der Waals surface area contributed by atoms with Gasteiger partial charge in [-0.25, -0.2) is 0 Å². The number of carbonyl (C=O) groups is 1. The summed E-state index contributed by atoms with van der Waals surface area (Å²) in [5.41, 5.74) is 0.980. The topological polar surface area (TPSA) is 35.5 Å². The Morgan fingerprint density at radius 2 is 1.62 bits per heavy atom. The van der Waals surface area contributed by atoms with Crippen molar-refractivity contribution in [3.05, 3.63) is 52.5 Å². The fourth-order valence-corrected chi connectivity index (χ4v) is 2.57. The Morgan fingerprint density at radius 1 is 1.05 bits per heavy atom. The van der Waals surface area contributed by atoms with Gasteiger partial charge in [-0.05, 0) is 36.6 Å². The summed E-state index contributed by atoms with van der Waals surface area (Å²) in [4.78, 5) is 13.6. The van der Waals surface area contributed by atoms with Crippen molar-refractivity contribution < 1.29 is 14.3 Å². The van der Waals surface area contributed by atoms with E-state index in [1.807, 2.05) is 18.4 Å². The maximum atomic E-state index is 12.5. The Kier molecular flexibility index (Phi) is 5.15. The molecule has 0 unspecified atom stereocenters. The van der Waals surface area contributed by atoms with Crippen molar-refractivity contribution in [1.29, 1.82) is 0 Å². The molecule has 2 aromatic rings. The average Bonchev–Trinajstić information content (AvgIpc) is 2.54. The number of carbonyl (C=O) groups excluding carboxylic acids is 1. The summed E-state index contributed by atoms with van der Waals surface area (Å²) < 4.78 is 10.4. The van der Waals surface area contributed by atoms with Crippen molar-refractivity contribution in [1.82, 2.24) is 0 Å². The van der Waals surface area contributed by atoms with Gasteiger partial charge in [-0.15, -0.1) is 11.8 Å². The lowest BCUT2D eigenvalue weighted by Crippen LogP contribution is -2.03. The Morgan fingerprint density at radius 3 is 2.14 bits per heavy atom. The zero-order chi connectivity index (χ0) is 15.4. The summed E-state index contributed by atoms with van der Waals surface area (Å²) >= 11 is 7.81. The molecule has 0 radical (unpaired) electrons. The van der Waals surface area contributed by atoms with Gasteiger partial charge in [0.25, 0.3) is 0 Å². The van der Waals surface area contributed by atoms with Crippen LogP contribution in [0.15, 0.2) is 41.3 Å². The van der Waals surface area contributed by atoms with E-state index in [0.29, 0.717) is 27.6 Å². The van der Waals surface area contributed by atoms with Crippen molar-refractivity contribution in [2.75, 3.05) is 20.5 Å². The van der Waals surface area contributed by atoms with Gasteiger partial charge in [-0.3, -0.25) is 4.79 Å². The van der Waals surface area contributed by atoms with Crippen LogP contribution in [0, 0.1) is 0 Å².